The van der Waals surface area contributed by atoms with Crippen molar-refractivity contribution < 1.29 is 4.79 Å². The molecule has 1 unspecified atom stereocenters. The fourth-order valence-electron chi connectivity index (χ4n) is 1.87. The molecule has 1 aromatic rings. The van der Waals surface area contributed by atoms with E-state index in [0.29, 0.717) is 6.42 Å². The Kier molecular flexibility index (Phi) is 2.02. The first-order valence-corrected chi connectivity index (χ1v) is 4.81. The second-order valence-corrected chi connectivity index (χ2v) is 4.35. The molecular weight excluding hydrogens is 176 g/mol. The Balaban J connectivity index is 2.35. The lowest BCUT2D eigenvalue weighted by Gasteiger charge is -2.32. The van der Waals surface area contributed by atoms with Gasteiger partial charge < -0.3 is 4.98 Å². The average molecular weight is 190 g/mol. The third-order valence-corrected chi connectivity index (χ3v) is 2.85. The minimum absolute atomic E-state index is 0.00572. The first kappa shape index (κ1) is 9.19. The summed E-state index contributed by atoms with van der Waals surface area (Å²) in [6, 6.07) is 0. The van der Waals surface area contributed by atoms with Gasteiger partial charge in [-0.1, -0.05) is 19.9 Å². The number of ketones is 1. The van der Waals surface area contributed by atoms with E-state index in [1.165, 1.54) is 0 Å². The van der Waals surface area contributed by atoms with E-state index < -0.39 is 0 Å². The van der Waals surface area contributed by atoms with Gasteiger partial charge in [0, 0.05) is 24.7 Å². The monoisotopic (exact) mass is 190 g/mol. The van der Waals surface area contributed by atoms with Crippen LogP contribution in [0.5, 0.6) is 0 Å². The Bertz CT molecular complexity index is 363. The summed E-state index contributed by atoms with van der Waals surface area (Å²) in [6.07, 6.45) is 7.74. The van der Waals surface area contributed by atoms with Crippen LogP contribution in [0, 0.1) is 5.41 Å². The normalized spacial score (nSPS) is 25.3. The van der Waals surface area contributed by atoms with Crippen molar-refractivity contribution in [2.45, 2.75) is 26.2 Å². The van der Waals surface area contributed by atoms with E-state index in [1.807, 2.05) is 6.08 Å². The number of aromatic nitrogens is 2. The summed E-state index contributed by atoms with van der Waals surface area (Å²) in [5.74, 6) is 1.27. The summed E-state index contributed by atoms with van der Waals surface area (Å²) in [7, 11) is 0. The van der Waals surface area contributed by atoms with Crippen LogP contribution >= 0.6 is 0 Å². The molecule has 1 heterocycles. The zero-order chi connectivity index (χ0) is 10.2. The molecule has 1 N–H and O–H groups in total. The molecule has 0 bridgehead atoms. The lowest BCUT2D eigenvalue weighted by molar-refractivity contribution is -0.116. The molecule has 2 rings (SSSR count). The van der Waals surface area contributed by atoms with Gasteiger partial charge in [-0.3, -0.25) is 4.79 Å². The topological polar surface area (TPSA) is 45.8 Å². The molecule has 3 nitrogen and oxygen atoms in total. The summed E-state index contributed by atoms with van der Waals surface area (Å²) in [5.41, 5.74) is 0.00572. The predicted molar refractivity (Wildman–Crippen MR) is 53.9 cm³/mol. The van der Waals surface area contributed by atoms with Crippen molar-refractivity contribution in [3.63, 3.8) is 0 Å². The first-order valence-electron chi connectivity index (χ1n) is 4.81. The number of rotatable bonds is 1. The molecule has 3 heteroatoms. The van der Waals surface area contributed by atoms with Crippen LogP contribution in [0.4, 0.5) is 0 Å². The molecule has 1 aliphatic carbocycles. The lowest BCUT2D eigenvalue weighted by Crippen LogP contribution is -2.27. The van der Waals surface area contributed by atoms with Gasteiger partial charge in [-0.2, -0.15) is 0 Å². The van der Waals surface area contributed by atoms with Crippen LogP contribution in [0.1, 0.15) is 32.0 Å². The van der Waals surface area contributed by atoms with Gasteiger partial charge in [0.15, 0.2) is 5.78 Å². The lowest BCUT2D eigenvalue weighted by atomic mass is 9.72. The second-order valence-electron chi connectivity index (χ2n) is 4.35. The Morgan fingerprint density at radius 3 is 3.00 bits per heavy atom. The van der Waals surface area contributed by atoms with Crippen LogP contribution < -0.4 is 0 Å². The van der Waals surface area contributed by atoms with E-state index in [2.05, 4.69) is 23.8 Å². The SMILES string of the molecule is CC1(C)C=CC(=O)CC1c1ncc[nH]1. The summed E-state index contributed by atoms with van der Waals surface area (Å²) in [5, 5.41) is 0. The Labute approximate surface area is 83.2 Å². The van der Waals surface area contributed by atoms with Crippen LogP contribution in [-0.2, 0) is 4.79 Å². The van der Waals surface area contributed by atoms with Gasteiger partial charge in [-0.25, -0.2) is 4.98 Å². The molecule has 0 saturated carbocycles. The van der Waals surface area contributed by atoms with Crippen molar-refractivity contribution in [1.29, 1.82) is 0 Å². The van der Waals surface area contributed by atoms with E-state index in [4.69, 9.17) is 0 Å². The largest absolute Gasteiger partial charge is 0.348 e. The van der Waals surface area contributed by atoms with Crippen molar-refractivity contribution >= 4 is 5.78 Å². The minimum Gasteiger partial charge on any atom is -0.348 e. The zero-order valence-electron chi connectivity index (χ0n) is 8.45. The number of hydrogen-bond donors (Lipinski definition) is 1. The van der Waals surface area contributed by atoms with Crippen molar-refractivity contribution in [2.75, 3.05) is 0 Å². The van der Waals surface area contributed by atoms with E-state index in [0.717, 1.165) is 5.82 Å². The van der Waals surface area contributed by atoms with Crippen molar-refractivity contribution in [2.24, 2.45) is 5.41 Å². The summed E-state index contributed by atoms with van der Waals surface area (Å²) >= 11 is 0. The van der Waals surface area contributed by atoms with Crippen LogP contribution in [-0.4, -0.2) is 15.8 Å². The molecule has 0 radical (unpaired) electrons. The summed E-state index contributed by atoms with van der Waals surface area (Å²) in [4.78, 5) is 18.6. The number of allylic oxidation sites excluding steroid dienone is 2. The molecule has 1 aromatic heterocycles. The fraction of sp³-hybridized carbons (Fsp3) is 0.455. The van der Waals surface area contributed by atoms with E-state index in [-0.39, 0.29) is 17.1 Å². The van der Waals surface area contributed by atoms with Gasteiger partial charge in [0.05, 0.1) is 0 Å². The smallest absolute Gasteiger partial charge is 0.156 e. The zero-order valence-corrected chi connectivity index (χ0v) is 8.45. The number of H-pyrrole nitrogens is 1. The van der Waals surface area contributed by atoms with Gasteiger partial charge in [0.1, 0.15) is 5.82 Å². The van der Waals surface area contributed by atoms with Crippen LogP contribution in [0.25, 0.3) is 0 Å². The number of hydrogen-bond acceptors (Lipinski definition) is 2. The number of aromatic amines is 1. The predicted octanol–water partition coefficient (Wildman–Crippen LogP) is 2.05. The fourth-order valence-corrected chi connectivity index (χ4v) is 1.87. The highest BCUT2D eigenvalue weighted by Gasteiger charge is 2.34. The van der Waals surface area contributed by atoms with E-state index >= 15 is 0 Å². The Hall–Kier alpha value is -1.38. The summed E-state index contributed by atoms with van der Waals surface area (Å²) < 4.78 is 0. The molecule has 0 fully saturated rings. The molecule has 74 valence electrons. The highest BCUT2D eigenvalue weighted by molar-refractivity contribution is 5.91. The molecule has 14 heavy (non-hydrogen) atoms. The number of imidazole rings is 1. The summed E-state index contributed by atoms with van der Waals surface area (Å²) in [6.45, 7) is 4.26. The van der Waals surface area contributed by atoms with Gasteiger partial charge in [0.25, 0.3) is 0 Å². The van der Waals surface area contributed by atoms with Gasteiger partial charge in [-0.15, -0.1) is 0 Å². The highest BCUT2D eigenvalue weighted by Crippen LogP contribution is 2.40. The molecular formula is C11H14N2O. The van der Waals surface area contributed by atoms with Crippen molar-refractivity contribution in [3.8, 4) is 0 Å². The third kappa shape index (κ3) is 1.50. The highest BCUT2D eigenvalue weighted by atomic mass is 16.1. The first-order chi connectivity index (χ1) is 6.59. The third-order valence-electron chi connectivity index (χ3n) is 2.85. The maximum Gasteiger partial charge on any atom is 0.156 e. The number of nitrogens with one attached hydrogen (secondary N) is 1. The maximum atomic E-state index is 11.3. The molecule has 0 aliphatic heterocycles. The Morgan fingerprint density at radius 2 is 2.36 bits per heavy atom. The minimum atomic E-state index is 0.00572. The molecule has 1 aliphatic rings. The van der Waals surface area contributed by atoms with Gasteiger partial charge in [-0.05, 0) is 11.5 Å². The van der Waals surface area contributed by atoms with Gasteiger partial charge >= 0.3 is 0 Å². The number of nitrogens with zero attached hydrogens (tertiary/aromatic N) is 1. The second kappa shape index (κ2) is 3.08. The van der Waals surface area contributed by atoms with Crippen LogP contribution in [0.2, 0.25) is 0 Å². The maximum absolute atomic E-state index is 11.3. The quantitative estimate of drug-likeness (QED) is 0.736. The molecule has 0 amide bonds. The molecule has 0 saturated heterocycles. The standard InChI is InChI=1S/C11H14N2O/c1-11(2)4-3-8(14)7-9(11)10-12-5-6-13-10/h3-6,9H,7H2,1-2H3,(H,12,13). The molecule has 0 aromatic carbocycles. The van der Waals surface area contributed by atoms with Crippen molar-refractivity contribution in [3.05, 3.63) is 30.4 Å². The Morgan fingerprint density at radius 1 is 1.57 bits per heavy atom. The van der Waals surface area contributed by atoms with Crippen LogP contribution in [0.3, 0.4) is 0 Å². The number of carbonyl (C=O) groups excluding carboxylic acids is 1. The van der Waals surface area contributed by atoms with E-state index in [9.17, 15) is 4.79 Å². The average Bonchev–Trinajstić information content (AvgIpc) is 2.62. The van der Waals surface area contributed by atoms with Gasteiger partial charge in [0.2, 0.25) is 0 Å². The van der Waals surface area contributed by atoms with E-state index in [1.54, 1.807) is 18.5 Å². The molecule has 0 spiro atoms. The molecule has 1 atom stereocenters. The van der Waals surface area contributed by atoms with Crippen LogP contribution in [0.15, 0.2) is 24.5 Å². The number of carbonyl (C=O) groups is 1. The van der Waals surface area contributed by atoms with Crippen molar-refractivity contribution in [1.82, 2.24) is 9.97 Å².